The van der Waals surface area contributed by atoms with E-state index >= 15 is 0 Å². The number of rotatable bonds is 16. The maximum atomic E-state index is 12.1. The first kappa shape index (κ1) is 24.2. The average Bonchev–Trinajstić information content (AvgIpc) is 2.60. The van der Waals surface area contributed by atoms with Crippen LogP contribution in [0.5, 0.6) is 0 Å². The lowest BCUT2D eigenvalue weighted by Gasteiger charge is -2.37. The second kappa shape index (κ2) is 15.5. The summed E-state index contributed by atoms with van der Waals surface area (Å²) in [5.74, 6) is -0.167. The van der Waals surface area contributed by atoms with Crippen LogP contribution in [0.25, 0.3) is 0 Å². The number of esters is 1. The molecule has 0 heterocycles. The summed E-state index contributed by atoms with van der Waals surface area (Å²) in [4.78, 5) is 12.1. The van der Waals surface area contributed by atoms with Gasteiger partial charge in [0.25, 0.3) is 0 Å². The van der Waals surface area contributed by atoms with E-state index in [4.69, 9.17) is 4.74 Å². The lowest BCUT2D eigenvalue weighted by molar-refractivity contribution is -0.151. The Morgan fingerprint density at radius 3 is 2.00 bits per heavy atom. The predicted octanol–water partition coefficient (Wildman–Crippen LogP) is 7.61. The zero-order valence-electron chi connectivity index (χ0n) is 17.7. The summed E-state index contributed by atoms with van der Waals surface area (Å²) in [6.07, 6.45) is 19.2. The predicted molar refractivity (Wildman–Crippen MR) is 110 cm³/mol. The third-order valence-corrected chi connectivity index (χ3v) is 5.36. The molecule has 0 saturated carbocycles. The van der Waals surface area contributed by atoms with Crippen molar-refractivity contribution in [2.24, 2.45) is 5.41 Å². The molecule has 2 heteroatoms. The Morgan fingerprint density at radius 2 is 1.44 bits per heavy atom. The molecule has 0 rings (SSSR count). The van der Waals surface area contributed by atoms with Gasteiger partial charge in [0.15, 0.2) is 0 Å². The molecule has 0 aromatic heterocycles. The molecular weight excluding hydrogens is 308 g/mol. The van der Waals surface area contributed by atoms with Gasteiger partial charge in [-0.25, -0.2) is 4.79 Å². The number of carbonyl (C=O) groups is 1. The molecular formula is C23H44O2. The van der Waals surface area contributed by atoms with Crippen molar-refractivity contribution in [3.05, 3.63) is 12.2 Å². The van der Waals surface area contributed by atoms with Gasteiger partial charge in [-0.3, -0.25) is 0 Å². The van der Waals surface area contributed by atoms with Crippen molar-refractivity contribution >= 4 is 5.97 Å². The van der Waals surface area contributed by atoms with Crippen LogP contribution in [0, 0.1) is 5.41 Å². The monoisotopic (exact) mass is 352 g/mol. The zero-order valence-corrected chi connectivity index (χ0v) is 17.7. The fourth-order valence-electron chi connectivity index (χ4n) is 3.60. The minimum absolute atomic E-state index is 0.0567. The summed E-state index contributed by atoms with van der Waals surface area (Å²) in [5.41, 5.74) is 0.118. The largest absolute Gasteiger partial charge is 0.459 e. The van der Waals surface area contributed by atoms with Gasteiger partial charge in [-0.05, 0) is 32.6 Å². The quantitative estimate of drug-likeness (QED) is 0.162. The standard InChI is InChI=1S/C23H44O2/c1-6-10-13-15-18-21(25-22(24)17-9-4)23(5,19-12-8-3)20-16-14-11-7-2/h9,17,21H,6-8,10-16,18-20H2,1-5H3/b17-9+. The second-order valence-electron chi connectivity index (χ2n) is 7.84. The number of ether oxygens (including phenoxy) is 1. The zero-order chi connectivity index (χ0) is 19.0. The maximum absolute atomic E-state index is 12.1. The molecule has 0 N–H and O–H groups in total. The Labute approximate surface area is 157 Å². The maximum Gasteiger partial charge on any atom is 0.330 e. The van der Waals surface area contributed by atoms with E-state index in [1.165, 1.54) is 64.2 Å². The third kappa shape index (κ3) is 11.4. The molecule has 0 saturated heterocycles. The smallest absolute Gasteiger partial charge is 0.330 e. The minimum Gasteiger partial charge on any atom is -0.459 e. The molecule has 0 aliphatic rings. The molecule has 0 fully saturated rings. The van der Waals surface area contributed by atoms with E-state index < -0.39 is 0 Å². The first-order valence-corrected chi connectivity index (χ1v) is 10.9. The van der Waals surface area contributed by atoms with E-state index in [1.807, 2.05) is 6.92 Å². The Bertz CT molecular complexity index is 348. The molecule has 0 spiro atoms. The molecule has 0 aromatic rings. The van der Waals surface area contributed by atoms with Gasteiger partial charge in [-0.1, -0.05) is 91.6 Å². The van der Waals surface area contributed by atoms with Gasteiger partial charge in [0, 0.05) is 11.5 Å². The van der Waals surface area contributed by atoms with E-state index in [1.54, 1.807) is 12.2 Å². The third-order valence-electron chi connectivity index (χ3n) is 5.36. The van der Waals surface area contributed by atoms with E-state index in [0.717, 1.165) is 19.3 Å². The van der Waals surface area contributed by atoms with E-state index in [-0.39, 0.29) is 17.5 Å². The highest BCUT2D eigenvalue weighted by molar-refractivity contribution is 5.81. The number of allylic oxidation sites excluding steroid dienone is 1. The summed E-state index contributed by atoms with van der Waals surface area (Å²) in [6.45, 7) is 11.0. The number of carbonyl (C=O) groups excluding carboxylic acids is 1. The summed E-state index contributed by atoms with van der Waals surface area (Å²) in [5, 5.41) is 0. The van der Waals surface area contributed by atoms with E-state index in [2.05, 4.69) is 27.7 Å². The fourth-order valence-corrected chi connectivity index (χ4v) is 3.60. The van der Waals surface area contributed by atoms with Crippen LogP contribution in [0.1, 0.15) is 118 Å². The van der Waals surface area contributed by atoms with Gasteiger partial charge in [0.1, 0.15) is 6.10 Å². The van der Waals surface area contributed by atoms with Crippen LogP contribution in [-0.2, 0) is 9.53 Å². The van der Waals surface area contributed by atoms with Gasteiger partial charge in [0.2, 0.25) is 0 Å². The lowest BCUT2D eigenvalue weighted by Crippen LogP contribution is -2.36. The van der Waals surface area contributed by atoms with Crippen molar-refractivity contribution < 1.29 is 9.53 Å². The molecule has 2 unspecified atom stereocenters. The number of hydrogen-bond donors (Lipinski definition) is 0. The first-order valence-electron chi connectivity index (χ1n) is 10.9. The van der Waals surface area contributed by atoms with Crippen LogP contribution in [0.2, 0.25) is 0 Å². The van der Waals surface area contributed by atoms with Crippen molar-refractivity contribution in [3.8, 4) is 0 Å². The van der Waals surface area contributed by atoms with Crippen LogP contribution in [0.15, 0.2) is 12.2 Å². The van der Waals surface area contributed by atoms with Crippen molar-refractivity contribution in [2.45, 2.75) is 124 Å². The van der Waals surface area contributed by atoms with Crippen molar-refractivity contribution in [2.75, 3.05) is 0 Å². The molecule has 2 nitrogen and oxygen atoms in total. The molecule has 0 aromatic carbocycles. The van der Waals surface area contributed by atoms with Gasteiger partial charge in [0.05, 0.1) is 0 Å². The summed E-state index contributed by atoms with van der Waals surface area (Å²) >= 11 is 0. The van der Waals surface area contributed by atoms with Crippen molar-refractivity contribution in [1.29, 1.82) is 0 Å². The minimum atomic E-state index is -0.167. The highest BCUT2D eigenvalue weighted by Crippen LogP contribution is 2.39. The van der Waals surface area contributed by atoms with Gasteiger partial charge >= 0.3 is 5.97 Å². The summed E-state index contributed by atoms with van der Waals surface area (Å²) < 4.78 is 5.96. The lowest BCUT2D eigenvalue weighted by atomic mass is 9.73. The topological polar surface area (TPSA) is 26.3 Å². The molecule has 0 amide bonds. The van der Waals surface area contributed by atoms with Crippen LogP contribution in [-0.4, -0.2) is 12.1 Å². The Hall–Kier alpha value is -0.790. The molecule has 148 valence electrons. The van der Waals surface area contributed by atoms with E-state index in [9.17, 15) is 4.79 Å². The Kier molecular flexibility index (Phi) is 15.0. The normalized spacial score (nSPS) is 15.2. The molecule has 0 aliphatic heterocycles. The van der Waals surface area contributed by atoms with Crippen LogP contribution >= 0.6 is 0 Å². The fraction of sp³-hybridized carbons (Fsp3) is 0.870. The molecule has 0 aliphatic carbocycles. The highest BCUT2D eigenvalue weighted by atomic mass is 16.5. The molecule has 2 atom stereocenters. The highest BCUT2D eigenvalue weighted by Gasteiger charge is 2.35. The van der Waals surface area contributed by atoms with Gasteiger partial charge < -0.3 is 4.74 Å². The molecule has 0 bridgehead atoms. The first-order chi connectivity index (χ1) is 12.0. The van der Waals surface area contributed by atoms with Crippen molar-refractivity contribution in [3.63, 3.8) is 0 Å². The molecule has 25 heavy (non-hydrogen) atoms. The van der Waals surface area contributed by atoms with Gasteiger partial charge in [-0.15, -0.1) is 0 Å². The summed E-state index contributed by atoms with van der Waals surface area (Å²) in [7, 11) is 0. The Morgan fingerprint density at radius 1 is 0.880 bits per heavy atom. The number of unbranched alkanes of at least 4 members (excludes halogenated alkanes) is 7. The Balaban J connectivity index is 4.99. The van der Waals surface area contributed by atoms with Crippen molar-refractivity contribution in [1.82, 2.24) is 0 Å². The van der Waals surface area contributed by atoms with Crippen LogP contribution < -0.4 is 0 Å². The second-order valence-corrected chi connectivity index (χ2v) is 7.84. The van der Waals surface area contributed by atoms with Gasteiger partial charge in [-0.2, -0.15) is 0 Å². The van der Waals surface area contributed by atoms with E-state index in [0.29, 0.717) is 0 Å². The summed E-state index contributed by atoms with van der Waals surface area (Å²) in [6, 6.07) is 0. The SMILES string of the molecule is C/C=C/C(=O)OC(CCCCCC)C(C)(CCCC)CCCCCC. The average molecular weight is 353 g/mol. The molecule has 0 radical (unpaired) electrons. The van der Waals surface area contributed by atoms with Crippen LogP contribution in [0.4, 0.5) is 0 Å². The number of hydrogen-bond acceptors (Lipinski definition) is 2. The van der Waals surface area contributed by atoms with Crippen LogP contribution in [0.3, 0.4) is 0 Å².